The molecule has 0 unspecified atom stereocenters. The van der Waals surface area contributed by atoms with E-state index < -0.39 is 5.91 Å². The molecule has 39 heavy (non-hydrogen) atoms. The first kappa shape index (κ1) is 28.1. The number of aromatic nitrogens is 2. The Morgan fingerprint density at radius 2 is 1.64 bits per heavy atom. The predicted molar refractivity (Wildman–Crippen MR) is 159 cm³/mol. The number of nitrogens with one attached hydrogen (secondary N) is 3. The van der Waals surface area contributed by atoms with E-state index in [1.165, 1.54) is 23.5 Å². The van der Waals surface area contributed by atoms with Crippen molar-refractivity contribution in [3.8, 4) is 0 Å². The topological polar surface area (TPSA) is 113 Å². The van der Waals surface area contributed by atoms with E-state index in [-0.39, 0.29) is 23.3 Å². The molecule has 0 radical (unpaired) electrons. The summed E-state index contributed by atoms with van der Waals surface area (Å²) in [7, 11) is 0. The summed E-state index contributed by atoms with van der Waals surface area (Å²) in [6, 6.07) is 25.1. The van der Waals surface area contributed by atoms with Gasteiger partial charge < -0.3 is 10.6 Å². The lowest BCUT2D eigenvalue weighted by molar-refractivity contribution is -0.114. The summed E-state index contributed by atoms with van der Waals surface area (Å²) < 4.78 is 4.19. The lowest BCUT2D eigenvalue weighted by atomic mass is 10.1. The molecule has 3 aromatic carbocycles. The molecule has 0 aliphatic rings. The van der Waals surface area contributed by atoms with Crippen LogP contribution in [0.15, 0.2) is 101 Å². The number of hydrogen-bond donors (Lipinski definition) is 3. The number of thioether (sulfide) groups is 2. The normalized spacial score (nSPS) is 11.1. The van der Waals surface area contributed by atoms with Crippen molar-refractivity contribution in [2.45, 2.75) is 17.0 Å². The van der Waals surface area contributed by atoms with Crippen LogP contribution < -0.4 is 16.0 Å². The van der Waals surface area contributed by atoms with Gasteiger partial charge in [-0.25, -0.2) is 0 Å². The highest BCUT2D eigenvalue weighted by Crippen LogP contribution is 2.24. The molecule has 4 aromatic rings. The standard InChI is InChI=1S/C28H25N5O3S3/c1-2-37-28-32-27(39-33-28)31-24(34)18-38-22-15-9-14-21(17-22)29-26(36)23(16-19-10-5-3-6-11-19)30-25(35)20-12-7-4-8-13-20/h3-17H,2,18H2,1H3,(H,29,36)(H,30,35)(H,31,32,33,34)/b23-16-. The van der Waals surface area contributed by atoms with Crippen molar-refractivity contribution < 1.29 is 14.4 Å². The Morgan fingerprint density at radius 1 is 0.897 bits per heavy atom. The first-order valence-electron chi connectivity index (χ1n) is 11.9. The van der Waals surface area contributed by atoms with Gasteiger partial charge in [0.1, 0.15) is 5.70 Å². The molecular weight excluding hydrogens is 551 g/mol. The second kappa shape index (κ2) is 14.3. The number of carbonyl (C=O) groups excluding carboxylic acids is 3. The monoisotopic (exact) mass is 575 g/mol. The van der Waals surface area contributed by atoms with Gasteiger partial charge in [-0.1, -0.05) is 73.3 Å². The third-order valence-electron chi connectivity index (χ3n) is 5.03. The predicted octanol–water partition coefficient (Wildman–Crippen LogP) is 5.79. The highest BCUT2D eigenvalue weighted by atomic mass is 32.2. The van der Waals surface area contributed by atoms with Gasteiger partial charge in [-0.15, -0.1) is 11.8 Å². The summed E-state index contributed by atoms with van der Waals surface area (Å²) in [4.78, 5) is 43.5. The van der Waals surface area contributed by atoms with Crippen LogP contribution in [0, 0.1) is 0 Å². The fourth-order valence-electron chi connectivity index (χ4n) is 3.27. The van der Waals surface area contributed by atoms with Gasteiger partial charge in [-0.05, 0) is 47.7 Å². The van der Waals surface area contributed by atoms with Gasteiger partial charge in [0.25, 0.3) is 11.8 Å². The van der Waals surface area contributed by atoms with Gasteiger partial charge in [0.2, 0.25) is 16.2 Å². The number of amides is 3. The van der Waals surface area contributed by atoms with Crippen LogP contribution in [0.4, 0.5) is 10.8 Å². The third-order valence-corrected chi connectivity index (χ3v) is 7.50. The van der Waals surface area contributed by atoms with Crippen LogP contribution in [0.1, 0.15) is 22.8 Å². The zero-order chi connectivity index (χ0) is 27.5. The minimum absolute atomic E-state index is 0.102. The van der Waals surface area contributed by atoms with Crippen molar-refractivity contribution >= 4 is 69.7 Å². The first-order valence-corrected chi connectivity index (χ1v) is 14.7. The van der Waals surface area contributed by atoms with Crippen molar-refractivity contribution in [2.75, 3.05) is 22.1 Å². The number of rotatable bonds is 11. The van der Waals surface area contributed by atoms with E-state index >= 15 is 0 Å². The molecule has 0 saturated heterocycles. The summed E-state index contributed by atoms with van der Waals surface area (Å²) in [6.07, 6.45) is 1.62. The van der Waals surface area contributed by atoms with Crippen molar-refractivity contribution in [1.82, 2.24) is 14.7 Å². The van der Waals surface area contributed by atoms with Crippen LogP contribution in [0.3, 0.4) is 0 Å². The second-order valence-electron chi connectivity index (χ2n) is 7.92. The molecule has 8 nitrogen and oxygen atoms in total. The molecule has 3 amide bonds. The number of hydrogen-bond acceptors (Lipinski definition) is 8. The molecular formula is C28H25N5O3S3. The van der Waals surface area contributed by atoms with E-state index in [0.29, 0.717) is 21.5 Å². The average molecular weight is 576 g/mol. The lowest BCUT2D eigenvalue weighted by Crippen LogP contribution is -2.30. The Labute approximate surface area is 238 Å². The summed E-state index contributed by atoms with van der Waals surface area (Å²) >= 11 is 3.99. The van der Waals surface area contributed by atoms with E-state index in [9.17, 15) is 14.4 Å². The second-order valence-corrected chi connectivity index (χ2v) is 11.0. The largest absolute Gasteiger partial charge is 0.321 e. The summed E-state index contributed by atoms with van der Waals surface area (Å²) in [5, 5.41) is 9.45. The Balaban J connectivity index is 1.40. The molecule has 11 heteroatoms. The van der Waals surface area contributed by atoms with Gasteiger partial charge in [0.05, 0.1) is 5.75 Å². The van der Waals surface area contributed by atoms with E-state index in [4.69, 9.17) is 0 Å². The van der Waals surface area contributed by atoms with Crippen molar-refractivity contribution in [2.24, 2.45) is 0 Å². The maximum absolute atomic E-state index is 13.2. The minimum Gasteiger partial charge on any atom is -0.321 e. The minimum atomic E-state index is -0.472. The molecule has 4 rings (SSSR count). The third kappa shape index (κ3) is 8.81. The fraction of sp³-hybridized carbons (Fsp3) is 0.107. The van der Waals surface area contributed by atoms with Gasteiger partial charge >= 0.3 is 0 Å². The van der Waals surface area contributed by atoms with E-state index in [1.54, 1.807) is 48.5 Å². The van der Waals surface area contributed by atoms with Crippen LogP contribution in [0.2, 0.25) is 0 Å². The molecule has 0 saturated carbocycles. The highest BCUT2D eigenvalue weighted by Gasteiger charge is 2.16. The van der Waals surface area contributed by atoms with Gasteiger partial charge in [0.15, 0.2) is 0 Å². The van der Waals surface area contributed by atoms with Crippen LogP contribution in [0.5, 0.6) is 0 Å². The van der Waals surface area contributed by atoms with Crippen LogP contribution >= 0.6 is 35.1 Å². The molecule has 0 aliphatic heterocycles. The maximum Gasteiger partial charge on any atom is 0.272 e. The Hall–Kier alpha value is -3.93. The zero-order valence-corrected chi connectivity index (χ0v) is 23.4. The van der Waals surface area contributed by atoms with Crippen molar-refractivity contribution in [1.29, 1.82) is 0 Å². The average Bonchev–Trinajstić information content (AvgIpc) is 3.39. The molecule has 0 spiro atoms. The molecule has 198 valence electrons. The number of anilines is 2. The smallest absolute Gasteiger partial charge is 0.272 e. The summed E-state index contributed by atoms with van der Waals surface area (Å²) in [6.45, 7) is 2.01. The van der Waals surface area contributed by atoms with Crippen LogP contribution in [0.25, 0.3) is 6.08 Å². The molecule has 1 heterocycles. The zero-order valence-electron chi connectivity index (χ0n) is 20.9. The lowest BCUT2D eigenvalue weighted by Gasteiger charge is -2.12. The number of nitrogens with zero attached hydrogens (tertiary/aromatic N) is 2. The number of benzene rings is 3. The molecule has 0 aliphatic carbocycles. The summed E-state index contributed by atoms with van der Waals surface area (Å²) in [5.74, 6) is -0.0375. The van der Waals surface area contributed by atoms with E-state index in [0.717, 1.165) is 27.7 Å². The quantitative estimate of drug-likeness (QED) is 0.153. The molecule has 0 fully saturated rings. The first-order chi connectivity index (χ1) is 19.0. The molecule has 3 N–H and O–H groups in total. The van der Waals surface area contributed by atoms with Crippen molar-refractivity contribution in [3.63, 3.8) is 0 Å². The molecule has 1 aromatic heterocycles. The molecule has 0 atom stereocenters. The Bertz CT molecular complexity index is 1460. The summed E-state index contributed by atoms with van der Waals surface area (Å²) in [5.41, 5.74) is 1.84. The Kier molecular flexibility index (Phi) is 10.3. The van der Waals surface area contributed by atoms with E-state index in [2.05, 4.69) is 25.3 Å². The van der Waals surface area contributed by atoms with Crippen molar-refractivity contribution in [3.05, 3.63) is 102 Å². The van der Waals surface area contributed by atoms with Gasteiger partial charge in [0, 0.05) is 27.7 Å². The Morgan fingerprint density at radius 3 is 2.38 bits per heavy atom. The van der Waals surface area contributed by atoms with Gasteiger partial charge in [-0.3, -0.25) is 19.7 Å². The van der Waals surface area contributed by atoms with E-state index in [1.807, 2.05) is 49.4 Å². The number of carbonyl (C=O) groups is 3. The fourth-order valence-corrected chi connectivity index (χ4v) is 5.31. The van der Waals surface area contributed by atoms with Gasteiger partial charge in [-0.2, -0.15) is 9.36 Å². The van der Waals surface area contributed by atoms with Crippen LogP contribution in [-0.2, 0) is 9.59 Å². The maximum atomic E-state index is 13.2. The molecule has 0 bridgehead atoms. The van der Waals surface area contributed by atoms with Crippen LogP contribution in [-0.4, -0.2) is 38.6 Å². The highest BCUT2D eigenvalue weighted by molar-refractivity contribution is 8.00. The SMILES string of the molecule is CCSc1nsc(NC(=O)CSc2cccc(NC(=O)/C(=C/c3ccccc3)NC(=O)c3ccccc3)c2)n1.